The van der Waals surface area contributed by atoms with Crippen LogP contribution in [0.4, 0.5) is 5.69 Å². The number of thiocarbonyl (C=S) groups is 1. The third-order valence-corrected chi connectivity index (χ3v) is 4.73. The van der Waals surface area contributed by atoms with Crippen molar-refractivity contribution in [2.24, 2.45) is 5.10 Å². The van der Waals surface area contributed by atoms with E-state index in [9.17, 15) is 0 Å². The number of para-hydroxylation sites is 1. The second-order valence-corrected chi connectivity index (χ2v) is 6.54. The van der Waals surface area contributed by atoms with Crippen molar-refractivity contribution in [3.8, 4) is 5.75 Å². The minimum atomic E-state index is -0.0826. The Labute approximate surface area is 163 Å². The molecule has 0 radical (unpaired) electrons. The number of furan rings is 1. The number of ether oxygens (including phenoxy) is 1. The summed E-state index contributed by atoms with van der Waals surface area (Å²) in [6.07, 6.45) is 2.38. The van der Waals surface area contributed by atoms with Gasteiger partial charge in [0.1, 0.15) is 17.6 Å². The maximum Gasteiger partial charge on any atom is 0.194 e. The Kier molecular flexibility index (Phi) is 4.89. The van der Waals surface area contributed by atoms with E-state index in [1.165, 1.54) is 0 Å². The Bertz CT molecular complexity index is 937. The second-order valence-electron chi connectivity index (χ2n) is 6.15. The summed E-state index contributed by atoms with van der Waals surface area (Å²) in [4.78, 5) is 0. The number of hydrazone groups is 1. The smallest absolute Gasteiger partial charge is 0.194 e. The van der Waals surface area contributed by atoms with Crippen LogP contribution in [-0.2, 0) is 0 Å². The molecular formula is C21H19N3O2S. The largest absolute Gasteiger partial charge is 0.497 e. The second kappa shape index (κ2) is 7.63. The van der Waals surface area contributed by atoms with Crippen molar-refractivity contribution in [2.45, 2.75) is 12.5 Å². The topological polar surface area (TPSA) is 50.0 Å². The molecule has 0 saturated heterocycles. The van der Waals surface area contributed by atoms with Gasteiger partial charge in [0.15, 0.2) is 5.11 Å². The third kappa shape index (κ3) is 3.71. The first-order valence-corrected chi connectivity index (χ1v) is 9.06. The number of rotatable bonds is 4. The van der Waals surface area contributed by atoms with Crippen molar-refractivity contribution in [3.63, 3.8) is 0 Å². The molecule has 4 rings (SSSR count). The predicted molar refractivity (Wildman–Crippen MR) is 110 cm³/mol. The SMILES string of the molecule is COc1ccc(C2=NN(C(=S)Nc3ccccc3)[C@@H](c3ccco3)C2)cc1. The van der Waals surface area contributed by atoms with E-state index in [-0.39, 0.29) is 6.04 Å². The lowest BCUT2D eigenvalue weighted by atomic mass is 10.0. The molecule has 0 bridgehead atoms. The van der Waals surface area contributed by atoms with E-state index in [4.69, 9.17) is 26.5 Å². The van der Waals surface area contributed by atoms with E-state index in [0.717, 1.165) is 28.5 Å². The summed E-state index contributed by atoms with van der Waals surface area (Å²) in [6, 6.07) is 21.5. The van der Waals surface area contributed by atoms with Gasteiger partial charge in [-0.1, -0.05) is 18.2 Å². The molecule has 1 aliphatic rings. The van der Waals surface area contributed by atoms with Gasteiger partial charge in [0.25, 0.3) is 0 Å². The van der Waals surface area contributed by atoms with Crippen molar-refractivity contribution in [2.75, 3.05) is 12.4 Å². The quantitative estimate of drug-likeness (QED) is 0.660. The molecule has 1 aliphatic heterocycles. The van der Waals surface area contributed by atoms with E-state index in [0.29, 0.717) is 11.5 Å². The molecule has 6 heteroatoms. The molecule has 0 spiro atoms. The molecular weight excluding hydrogens is 358 g/mol. The van der Waals surface area contributed by atoms with Crippen LogP contribution in [0.5, 0.6) is 5.75 Å². The van der Waals surface area contributed by atoms with E-state index >= 15 is 0 Å². The highest BCUT2D eigenvalue weighted by Crippen LogP contribution is 2.33. The van der Waals surface area contributed by atoms with Gasteiger partial charge >= 0.3 is 0 Å². The summed E-state index contributed by atoms with van der Waals surface area (Å²) in [5.74, 6) is 1.65. The van der Waals surface area contributed by atoms with Crippen molar-refractivity contribution in [1.29, 1.82) is 0 Å². The van der Waals surface area contributed by atoms with Gasteiger partial charge in [0, 0.05) is 12.1 Å². The fourth-order valence-electron chi connectivity index (χ4n) is 3.06. The molecule has 27 heavy (non-hydrogen) atoms. The molecule has 0 amide bonds. The van der Waals surface area contributed by atoms with Crippen LogP contribution in [0.3, 0.4) is 0 Å². The number of anilines is 1. The average molecular weight is 377 g/mol. The number of nitrogens with zero attached hydrogens (tertiary/aromatic N) is 2. The van der Waals surface area contributed by atoms with Crippen LogP contribution in [0.2, 0.25) is 0 Å². The number of methoxy groups -OCH3 is 1. The van der Waals surface area contributed by atoms with Crippen LogP contribution < -0.4 is 10.1 Å². The molecule has 136 valence electrons. The molecule has 0 unspecified atom stereocenters. The van der Waals surface area contributed by atoms with Gasteiger partial charge in [-0.25, -0.2) is 5.01 Å². The summed E-state index contributed by atoms with van der Waals surface area (Å²) < 4.78 is 10.9. The van der Waals surface area contributed by atoms with Gasteiger partial charge in [0.2, 0.25) is 0 Å². The van der Waals surface area contributed by atoms with Gasteiger partial charge in [-0.3, -0.25) is 0 Å². The fourth-order valence-corrected chi connectivity index (χ4v) is 3.35. The molecule has 1 atom stereocenters. The zero-order valence-corrected chi connectivity index (χ0v) is 15.6. The summed E-state index contributed by atoms with van der Waals surface area (Å²) in [5, 5.41) is 10.4. The van der Waals surface area contributed by atoms with Crippen LogP contribution in [-0.4, -0.2) is 22.9 Å². The Morgan fingerprint density at radius 3 is 2.56 bits per heavy atom. The van der Waals surface area contributed by atoms with Crippen molar-refractivity contribution < 1.29 is 9.15 Å². The molecule has 2 aromatic carbocycles. The summed E-state index contributed by atoms with van der Waals surface area (Å²) in [7, 11) is 1.66. The Hall–Kier alpha value is -3.12. The fraction of sp³-hybridized carbons (Fsp3) is 0.143. The molecule has 5 nitrogen and oxygen atoms in total. The minimum Gasteiger partial charge on any atom is -0.497 e. The number of nitrogens with one attached hydrogen (secondary N) is 1. The molecule has 0 saturated carbocycles. The highest BCUT2D eigenvalue weighted by molar-refractivity contribution is 7.80. The molecule has 0 fully saturated rings. The van der Waals surface area contributed by atoms with Crippen molar-refractivity contribution in [1.82, 2.24) is 5.01 Å². The first-order chi connectivity index (χ1) is 13.2. The number of benzene rings is 2. The molecule has 1 aromatic heterocycles. The summed E-state index contributed by atoms with van der Waals surface area (Å²) in [5.41, 5.74) is 2.92. The first kappa shape index (κ1) is 17.3. The van der Waals surface area contributed by atoms with Gasteiger partial charge in [-0.2, -0.15) is 5.10 Å². The molecule has 3 aromatic rings. The Morgan fingerprint density at radius 1 is 1.11 bits per heavy atom. The minimum absolute atomic E-state index is 0.0826. The maximum absolute atomic E-state index is 5.65. The number of hydrogen-bond acceptors (Lipinski definition) is 4. The lowest BCUT2D eigenvalue weighted by Gasteiger charge is -2.23. The van der Waals surface area contributed by atoms with Crippen LogP contribution in [0.15, 0.2) is 82.5 Å². The third-order valence-electron chi connectivity index (χ3n) is 4.44. The lowest BCUT2D eigenvalue weighted by molar-refractivity contribution is 0.318. The van der Waals surface area contributed by atoms with E-state index < -0.39 is 0 Å². The van der Waals surface area contributed by atoms with Gasteiger partial charge < -0.3 is 14.5 Å². The lowest BCUT2D eigenvalue weighted by Crippen LogP contribution is -2.30. The summed E-state index contributed by atoms with van der Waals surface area (Å²) >= 11 is 5.64. The van der Waals surface area contributed by atoms with E-state index in [1.54, 1.807) is 13.4 Å². The summed E-state index contributed by atoms with van der Waals surface area (Å²) in [6.45, 7) is 0. The van der Waals surface area contributed by atoms with Gasteiger partial charge in [-0.15, -0.1) is 0 Å². The normalized spacial score (nSPS) is 16.1. The average Bonchev–Trinajstić information content (AvgIpc) is 3.38. The number of hydrogen-bond donors (Lipinski definition) is 1. The van der Waals surface area contributed by atoms with E-state index in [1.807, 2.05) is 71.7 Å². The van der Waals surface area contributed by atoms with Crippen molar-refractivity contribution in [3.05, 3.63) is 84.3 Å². The van der Waals surface area contributed by atoms with E-state index in [2.05, 4.69) is 5.32 Å². The van der Waals surface area contributed by atoms with Gasteiger partial charge in [0.05, 0.1) is 19.1 Å². The maximum atomic E-state index is 5.65. The standard InChI is InChI=1S/C21H19N3O2S/c1-25-17-11-9-15(10-12-17)18-14-19(20-8-5-13-26-20)24(23-18)21(27)22-16-6-3-2-4-7-16/h2-13,19H,14H2,1H3,(H,22,27)/t19-/m1/s1. The first-order valence-electron chi connectivity index (χ1n) is 8.65. The molecule has 1 N–H and O–H groups in total. The predicted octanol–water partition coefficient (Wildman–Crippen LogP) is 4.84. The zero-order chi connectivity index (χ0) is 18.6. The highest BCUT2D eigenvalue weighted by Gasteiger charge is 2.33. The van der Waals surface area contributed by atoms with Crippen LogP contribution in [0.1, 0.15) is 23.8 Å². The van der Waals surface area contributed by atoms with Gasteiger partial charge in [-0.05, 0) is 66.3 Å². The molecule has 2 heterocycles. The van der Waals surface area contributed by atoms with Crippen molar-refractivity contribution >= 4 is 28.7 Å². The van der Waals surface area contributed by atoms with Crippen LogP contribution >= 0.6 is 12.2 Å². The highest BCUT2D eigenvalue weighted by atomic mass is 32.1. The zero-order valence-electron chi connectivity index (χ0n) is 14.8. The van der Waals surface area contributed by atoms with Crippen LogP contribution in [0, 0.1) is 0 Å². The Balaban J connectivity index is 1.62. The monoisotopic (exact) mass is 377 g/mol. The Morgan fingerprint density at radius 2 is 1.89 bits per heavy atom. The van der Waals surface area contributed by atoms with Crippen LogP contribution in [0.25, 0.3) is 0 Å². The molecule has 0 aliphatic carbocycles.